The molecule has 26 heavy (non-hydrogen) atoms. The van der Waals surface area contributed by atoms with Crippen LogP contribution in [-0.2, 0) is 17.8 Å². The van der Waals surface area contributed by atoms with Crippen molar-refractivity contribution in [1.82, 2.24) is 0 Å². The third-order valence-electron chi connectivity index (χ3n) is 3.91. The van der Waals surface area contributed by atoms with Gasteiger partial charge in [0, 0.05) is 0 Å². The van der Waals surface area contributed by atoms with E-state index in [0.717, 1.165) is 31.2 Å². The summed E-state index contributed by atoms with van der Waals surface area (Å²) in [6.07, 6.45) is 4.04. The molecular weight excluding hydrogens is 355 g/mol. The van der Waals surface area contributed by atoms with Gasteiger partial charge in [-0.05, 0) is 30.5 Å². The fourth-order valence-electron chi connectivity index (χ4n) is 2.38. The van der Waals surface area contributed by atoms with Crippen molar-refractivity contribution in [2.75, 3.05) is 0 Å². The van der Waals surface area contributed by atoms with E-state index in [4.69, 9.17) is 0 Å². The van der Waals surface area contributed by atoms with Crippen LogP contribution < -0.4 is 0 Å². The van der Waals surface area contributed by atoms with E-state index in [0.29, 0.717) is 0 Å². The highest BCUT2D eigenvalue weighted by Gasteiger charge is 2.26. The predicted molar refractivity (Wildman–Crippen MR) is 85.0 cm³/mol. The Morgan fingerprint density at radius 1 is 0.846 bits per heavy atom. The van der Waals surface area contributed by atoms with Crippen LogP contribution in [0.4, 0.5) is 22.0 Å². The first-order valence-corrected chi connectivity index (χ1v) is 8.13. The third kappa shape index (κ3) is 4.39. The molecule has 0 aliphatic carbocycles. The molecule has 0 saturated heterocycles. The van der Waals surface area contributed by atoms with Gasteiger partial charge < -0.3 is 4.74 Å². The molecule has 0 N–H and O–H groups in total. The molecule has 2 rings (SSSR count). The molecule has 0 bridgehead atoms. The molecule has 0 atom stereocenters. The Morgan fingerprint density at radius 2 is 1.38 bits per heavy atom. The monoisotopic (exact) mass is 372 g/mol. The van der Waals surface area contributed by atoms with E-state index in [9.17, 15) is 26.7 Å². The highest BCUT2D eigenvalue weighted by Crippen LogP contribution is 2.24. The topological polar surface area (TPSA) is 26.3 Å². The molecule has 2 aromatic carbocycles. The Hall–Kier alpha value is -2.44. The number of unbranched alkanes of at least 4 members (excludes halogenated alkanes) is 2. The summed E-state index contributed by atoms with van der Waals surface area (Å²) in [4.78, 5) is 11.9. The molecular formula is C19H17F5O2. The molecule has 0 heterocycles. The van der Waals surface area contributed by atoms with Crippen LogP contribution in [0.25, 0.3) is 0 Å². The number of carbonyl (C=O) groups excluding carboxylic acids is 1. The van der Waals surface area contributed by atoms with E-state index in [1.54, 1.807) is 12.1 Å². The summed E-state index contributed by atoms with van der Waals surface area (Å²) in [5.74, 6) is -11.4. The zero-order valence-electron chi connectivity index (χ0n) is 14.1. The first kappa shape index (κ1) is 19.9. The van der Waals surface area contributed by atoms with Crippen molar-refractivity contribution in [2.45, 2.75) is 39.2 Å². The lowest BCUT2D eigenvalue weighted by molar-refractivity contribution is 0.0462. The first-order valence-electron chi connectivity index (χ1n) is 8.13. The van der Waals surface area contributed by atoms with Gasteiger partial charge in [0.2, 0.25) is 5.82 Å². The Morgan fingerprint density at radius 3 is 1.92 bits per heavy atom. The summed E-state index contributed by atoms with van der Waals surface area (Å²) in [6.45, 7) is 1.02. The summed E-state index contributed by atoms with van der Waals surface area (Å²) >= 11 is 0. The lowest BCUT2D eigenvalue weighted by Crippen LogP contribution is -2.11. The van der Waals surface area contributed by atoms with Gasteiger partial charge in [0.05, 0.1) is 11.1 Å². The van der Waals surface area contributed by atoms with E-state index < -0.39 is 47.2 Å². The van der Waals surface area contributed by atoms with Crippen LogP contribution in [0.3, 0.4) is 0 Å². The minimum absolute atomic E-state index is 0.119. The number of hydrogen-bond acceptors (Lipinski definition) is 2. The number of esters is 1. The number of carbonyl (C=O) groups is 1. The van der Waals surface area contributed by atoms with E-state index in [1.807, 2.05) is 0 Å². The van der Waals surface area contributed by atoms with Crippen LogP contribution in [0.2, 0.25) is 0 Å². The fraction of sp³-hybridized carbons (Fsp3) is 0.316. The van der Waals surface area contributed by atoms with Crippen molar-refractivity contribution >= 4 is 5.97 Å². The standard InChI is InChI=1S/C19H17F5O2/c1-2-3-4-5-11-6-8-12(9-7-11)19(25)26-10-13-14(20)16(22)18(24)17(23)15(13)21/h6-9H,2-5,10H2,1H3. The molecule has 0 fully saturated rings. The summed E-state index contributed by atoms with van der Waals surface area (Å²) in [6, 6.07) is 6.43. The zero-order chi connectivity index (χ0) is 19.3. The van der Waals surface area contributed by atoms with Crippen LogP contribution in [-0.4, -0.2) is 5.97 Å². The summed E-state index contributed by atoms with van der Waals surface area (Å²) in [7, 11) is 0. The maximum atomic E-state index is 13.5. The second-order valence-electron chi connectivity index (χ2n) is 5.78. The molecule has 7 heteroatoms. The molecule has 0 spiro atoms. The minimum atomic E-state index is -2.26. The molecule has 2 nitrogen and oxygen atoms in total. The molecule has 0 aliphatic rings. The maximum Gasteiger partial charge on any atom is 0.338 e. The Kier molecular flexibility index (Phi) is 6.71. The average Bonchev–Trinajstić information content (AvgIpc) is 2.65. The lowest BCUT2D eigenvalue weighted by Gasteiger charge is -2.09. The molecule has 0 aliphatic heterocycles. The van der Waals surface area contributed by atoms with Crippen LogP contribution in [0.15, 0.2) is 24.3 Å². The highest BCUT2D eigenvalue weighted by molar-refractivity contribution is 5.89. The molecule has 0 unspecified atom stereocenters. The number of ether oxygens (including phenoxy) is 1. The smallest absolute Gasteiger partial charge is 0.338 e. The van der Waals surface area contributed by atoms with Crippen LogP contribution in [0.1, 0.15) is 47.7 Å². The highest BCUT2D eigenvalue weighted by atomic mass is 19.2. The predicted octanol–water partition coefficient (Wildman–Crippen LogP) is 5.47. The van der Waals surface area contributed by atoms with Crippen molar-refractivity contribution in [1.29, 1.82) is 0 Å². The Labute approximate surface area is 147 Å². The maximum absolute atomic E-state index is 13.5. The van der Waals surface area contributed by atoms with Gasteiger partial charge in [-0.2, -0.15) is 0 Å². The number of benzene rings is 2. The van der Waals surface area contributed by atoms with Crippen molar-refractivity contribution < 1.29 is 31.5 Å². The number of aryl methyl sites for hydroxylation is 1. The van der Waals surface area contributed by atoms with Crippen molar-refractivity contribution in [3.05, 3.63) is 70.0 Å². The van der Waals surface area contributed by atoms with Gasteiger partial charge in [0.1, 0.15) is 6.61 Å². The molecule has 140 valence electrons. The van der Waals surface area contributed by atoms with Crippen LogP contribution in [0.5, 0.6) is 0 Å². The van der Waals surface area contributed by atoms with E-state index in [-0.39, 0.29) is 5.56 Å². The van der Waals surface area contributed by atoms with Gasteiger partial charge in [0.25, 0.3) is 0 Å². The first-order chi connectivity index (χ1) is 12.4. The average molecular weight is 372 g/mol. The third-order valence-corrected chi connectivity index (χ3v) is 3.91. The molecule has 0 saturated carbocycles. The van der Waals surface area contributed by atoms with Gasteiger partial charge in [-0.25, -0.2) is 26.7 Å². The van der Waals surface area contributed by atoms with Crippen LogP contribution in [0, 0.1) is 29.1 Å². The lowest BCUT2D eigenvalue weighted by atomic mass is 10.1. The van der Waals surface area contributed by atoms with Crippen LogP contribution >= 0.6 is 0 Å². The fourth-order valence-corrected chi connectivity index (χ4v) is 2.38. The molecule has 0 radical (unpaired) electrons. The summed E-state index contributed by atoms with van der Waals surface area (Å²) in [5, 5.41) is 0. The van der Waals surface area contributed by atoms with Gasteiger partial charge in [0.15, 0.2) is 23.3 Å². The second kappa shape index (κ2) is 8.78. The Bertz CT molecular complexity index is 759. The SMILES string of the molecule is CCCCCc1ccc(C(=O)OCc2c(F)c(F)c(F)c(F)c2F)cc1. The molecule has 0 amide bonds. The van der Waals surface area contributed by atoms with Crippen molar-refractivity contribution in [3.8, 4) is 0 Å². The molecule has 2 aromatic rings. The number of halogens is 5. The number of hydrogen-bond donors (Lipinski definition) is 0. The van der Waals surface area contributed by atoms with E-state index in [1.165, 1.54) is 12.1 Å². The number of rotatable bonds is 7. The molecule has 0 aromatic heterocycles. The van der Waals surface area contributed by atoms with Crippen molar-refractivity contribution in [2.24, 2.45) is 0 Å². The summed E-state index contributed by atoms with van der Waals surface area (Å²) in [5.41, 5.74) is -0.0474. The van der Waals surface area contributed by atoms with Crippen molar-refractivity contribution in [3.63, 3.8) is 0 Å². The summed E-state index contributed by atoms with van der Waals surface area (Å²) < 4.78 is 71.0. The van der Waals surface area contributed by atoms with Gasteiger partial charge in [-0.15, -0.1) is 0 Å². The van der Waals surface area contributed by atoms with Gasteiger partial charge >= 0.3 is 5.97 Å². The van der Waals surface area contributed by atoms with E-state index in [2.05, 4.69) is 11.7 Å². The zero-order valence-corrected chi connectivity index (χ0v) is 14.1. The largest absolute Gasteiger partial charge is 0.457 e. The normalized spacial score (nSPS) is 10.8. The van der Waals surface area contributed by atoms with Gasteiger partial charge in [-0.3, -0.25) is 0 Å². The van der Waals surface area contributed by atoms with Gasteiger partial charge in [-0.1, -0.05) is 31.9 Å². The second-order valence-corrected chi connectivity index (χ2v) is 5.78. The quantitative estimate of drug-likeness (QED) is 0.212. The van der Waals surface area contributed by atoms with E-state index >= 15 is 0 Å². The minimum Gasteiger partial charge on any atom is -0.457 e. The Balaban J connectivity index is 2.05.